The number of pyridine rings is 1. The lowest BCUT2D eigenvalue weighted by Gasteiger charge is -2.19. The molecular formula is C19H24N4O2S2. The van der Waals surface area contributed by atoms with Crippen LogP contribution in [0.15, 0.2) is 42.6 Å². The first kappa shape index (κ1) is 21.1. The minimum atomic E-state index is -0.524. The summed E-state index contributed by atoms with van der Waals surface area (Å²) in [6.07, 6.45) is 1.45. The van der Waals surface area contributed by atoms with Crippen molar-refractivity contribution >= 4 is 35.5 Å². The summed E-state index contributed by atoms with van der Waals surface area (Å²) in [5.74, 6) is -0.524. The lowest BCUT2D eigenvalue weighted by molar-refractivity contribution is 0.0767. The van der Waals surface area contributed by atoms with E-state index in [-0.39, 0.29) is 5.41 Å². The highest BCUT2D eigenvalue weighted by Crippen LogP contribution is 2.22. The normalized spacial score (nSPS) is 11.0. The van der Waals surface area contributed by atoms with Gasteiger partial charge in [0.1, 0.15) is 12.2 Å². The SMILES string of the molecule is CC(C)(C)c1ccc(CNC(=S)NCc2ccc(C(=O)OSN)cn2)cc1. The monoisotopic (exact) mass is 404 g/mol. The second-order valence-electron chi connectivity index (χ2n) is 6.99. The number of rotatable bonds is 6. The average Bonchev–Trinajstić information content (AvgIpc) is 2.65. The van der Waals surface area contributed by atoms with Crippen molar-refractivity contribution in [2.24, 2.45) is 5.14 Å². The molecule has 0 unspecified atom stereocenters. The number of benzene rings is 1. The molecule has 8 heteroatoms. The number of carbonyl (C=O) groups excluding carboxylic acids is 1. The molecule has 0 atom stereocenters. The van der Waals surface area contributed by atoms with Gasteiger partial charge in [-0.1, -0.05) is 45.0 Å². The lowest BCUT2D eigenvalue weighted by atomic mass is 9.87. The van der Waals surface area contributed by atoms with Crippen molar-refractivity contribution in [2.75, 3.05) is 0 Å². The van der Waals surface area contributed by atoms with E-state index in [1.807, 2.05) is 0 Å². The van der Waals surface area contributed by atoms with Crippen LogP contribution in [0.25, 0.3) is 0 Å². The number of nitrogens with two attached hydrogens (primary N) is 1. The zero-order valence-corrected chi connectivity index (χ0v) is 17.2. The summed E-state index contributed by atoms with van der Waals surface area (Å²) in [6.45, 7) is 7.68. The molecule has 144 valence electrons. The third-order valence-corrected chi connectivity index (χ3v) is 4.42. The van der Waals surface area contributed by atoms with E-state index < -0.39 is 5.97 Å². The van der Waals surface area contributed by atoms with Crippen LogP contribution >= 0.6 is 24.4 Å². The van der Waals surface area contributed by atoms with Gasteiger partial charge in [-0.3, -0.25) is 4.98 Å². The minimum Gasteiger partial charge on any atom is -0.371 e. The number of thiocarbonyl (C=S) groups is 1. The Balaban J connectivity index is 1.78. The topological polar surface area (TPSA) is 89.3 Å². The average molecular weight is 405 g/mol. The minimum absolute atomic E-state index is 0.144. The molecule has 0 bridgehead atoms. The molecule has 0 saturated heterocycles. The Morgan fingerprint density at radius 1 is 1.15 bits per heavy atom. The Labute approximate surface area is 169 Å². The molecule has 0 radical (unpaired) electrons. The molecule has 4 N–H and O–H groups in total. The third-order valence-electron chi connectivity index (χ3n) is 3.89. The highest BCUT2D eigenvalue weighted by atomic mass is 32.2. The molecule has 27 heavy (non-hydrogen) atoms. The molecule has 6 nitrogen and oxygen atoms in total. The fraction of sp³-hybridized carbons (Fsp3) is 0.316. The molecule has 1 aromatic heterocycles. The third kappa shape index (κ3) is 6.82. The summed E-state index contributed by atoms with van der Waals surface area (Å²) in [5, 5.41) is 11.9. The van der Waals surface area contributed by atoms with E-state index in [1.54, 1.807) is 12.1 Å². The molecule has 0 aliphatic rings. The molecule has 0 saturated carbocycles. The maximum absolute atomic E-state index is 11.5. The van der Waals surface area contributed by atoms with Gasteiger partial charge in [0, 0.05) is 12.7 Å². The highest BCUT2D eigenvalue weighted by Gasteiger charge is 2.12. The second-order valence-corrected chi connectivity index (χ2v) is 7.76. The molecule has 0 spiro atoms. The standard InChI is InChI=1S/C19H24N4O2S2/c1-19(2,3)15-7-4-13(5-8-15)10-22-18(26)23-12-16-9-6-14(11-21-16)17(24)25-27-20/h4-9,11H,10,12,20H2,1-3H3,(H2,22,23,26). The summed E-state index contributed by atoms with van der Waals surface area (Å²) in [5.41, 5.74) is 3.70. The van der Waals surface area contributed by atoms with Crippen LogP contribution in [0.1, 0.15) is 48.0 Å². The van der Waals surface area contributed by atoms with Gasteiger partial charge in [-0.15, -0.1) is 0 Å². The van der Waals surface area contributed by atoms with Crippen molar-refractivity contribution in [1.82, 2.24) is 15.6 Å². The first-order chi connectivity index (χ1) is 12.8. The van der Waals surface area contributed by atoms with Crippen molar-refractivity contribution in [3.8, 4) is 0 Å². The van der Waals surface area contributed by atoms with E-state index in [1.165, 1.54) is 11.8 Å². The predicted molar refractivity (Wildman–Crippen MR) is 113 cm³/mol. The Hall–Kier alpha value is -2.16. The summed E-state index contributed by atoms with van der Waals surface area (Å²) in [6, 6.07) is 11.9. The number of carbonyl (C=O) groups is 1. The fourth-order valence-electron chi connectivity index (χ4n) is 2.28. The highest BCUT2D eigenvalue weighted by molar-refractivity contribution is 7.92. The maximum Gasteiger partial charge on any atom is 0.352 e. The van der Waals surface area contributed by atoms with E-state index in [2.05, 4.69) is 64.8 Å². The Morgan fingerprint density at radius 3 is 2.37 bits per heavy atom. The number of hydrogen-bond donors (Lipinski definition) is 3. The van der Waals surface area contributed by atoms with Crippen LogP contribution < -0.4 is 15.8 Å². The molecular weight excluding hydrogens is 380 g/mol. The first-order valence-corrected chi connectivity index (χ1v) is 9.64. The molecule has 0 aliphatic heterocycles. The predicted octanol–water partition coefficient (Wildman–Crippen LogP) is 3.22. The lowest BCUT2D eigenvalue weighted by Crippen LogP contribution is -2.34. The summed E-state index contributed by atoms with van der Waals surface area (Å²) in [7, 11) is 0. The zero-order valence-electron chi connectivity index (χ0n) is 15.6. The summed E-state index contributed by atoms with van der Waals surface area (Å²) >= 11 is 5.81. The summed E-state index contributed by atoms with van der Waals surface area (Å²) in [4.78, 5) is 15.7. The fourth-order valence-corrected chi connectivity index (χ4v) is 2.61. The van der Waals surface area contributed by atoms with E-state index in [4.69, 9.17) is 17.4 Å². The molecule has 2 aromatic rings. The van der Waals surface area contributed by atoms with Gasteiger partial charge in [0.15, 0.2) is 5.11 Å². The van der Waals surface area contributed by atoms with Gasteiger partial charge in [0.2, 0.25) is 0 Å². The van der Waals surface area contributed by atoms with Gasteiger partial charge in [0.05, 0.1) is 17.8 Å². The van der Waals surface area contributed by atoms with E-state index in [9.17, 15) is 4.79 Å². The van der Waals surface area contributed by atoms with Crippen LogP contribution in [0, 0.1) is 0 Å². The van der Waals surface area contributed by atoms with Crippen molar-refractivity contribution in [2.45, 2.75) is 39.3 Å². The smallest absolute Gasteiger partial charge is 0.352 e. The van der Waals surface area contributed by atoms with Crippen LogP contribution in [0.4, 0.5) is 0 Å². The van der Waals surface area contributed by atoms with Crippen LogP contribution in [0.5, 0.6) is 0 Å². The molecule has 0 fully saturated rings. The largest absolute Gasteiger partial charge is 0.371 e. The van der Waals surface area contributed by atoms with Gasteiger partial charge in [0.25, 0.3) is 0 Å². The Kier molecular flexibility index (Phi) is 7.58. The van der Waals surface area contributed by atoms with E-state index >= 15 is 0 Å². The molecule has 2 rings (SSSR count). The van der Waals surface area contributed by atoms with E-state index in [0.717, 1.165) is 11.3 Å². The Morgan fingerprint density at radius 2 is 1.81 bits per heavy atom. The maximum atomic E-state index is 11.5. The number of hydrogen-bond acceptors (Lipinski definition) is 6. The van der Waals surface area contributed by atoms with Crippen LogP contribution in [-0.2, 0) is 22.7 Å². The number of aromatic nitrogens is 1. The van der Waals surface area contributed by atoms with Crippen molar-refractivity contribution in [1.29, 1.82) is 0 Å². The van der Waals surface area contributed by atoms with Gasteiger partial charge < -0.3 is 14.8 Å². The molecule has 0 aliphatic carbocycles. The quantitative estimate of drug-likeness (QED) is 0.384. The van der Waals surface area contributed by atoms with E-state index in [0.29, 0.717) is 36.0 Å². The van der Waals surface area contributed by atoms with Gasteiger partial charge in [-0.25, -0.2) is 9.93 Å². The second kappa shape index (κ2) is 9.68. The zero-order chi connectivity index (χ0) is 19.9. The molecule has 1 aromatic carbocycles. The van der Waals surface area contributed by atoms with Crippen molar-refractivity contribution < 1.29 is 8.98 Å². The number of nitrogens with zero attached hydrogens (tertiary/aromatic N) is 1. The van der Waals surface area contributed by atoms with Crippen LogP contribution in [0.2, 0.25) is 0 Å². The van der Waals surface area contributed by atoms with Gasteiger partial charge >= 0.3 is 5.97 Å². The molecule has 0 amide bonds. The molecule has 1 heterocycles. The summed E-state index contributed by atoms with van der Waals surface area (Å²) < 4.78 is 4.63. The van der Waals surface area contributed by atoms with Gasteiger partial charge in [-0.05, 0) is 40.9 Å². The Bertz CT molecular complexity index is 772. The first-order valence-electron chi connectivity index (χ1n) is 8.43. The van der Waals surface area contributed by atoms with Crippen LogP contribution in [-0.4, -0.2) is 16.1 Å². The van der Waals surface area contributed by atoms with Crippen molar-refractivity contribution in [3.05, 3.63) is 65.0 Å². The van der Waals surface area contributed by atoms with Gasteiger partial charge in [-0.2, -0.15) is 0 Å². The van der Waals surface area contributed by atoms with Crippen LogP contribution in [0.3, 0.4) is 0 Å². The number of nitrogens with one attached hydrogen (secondary N) is 2. The van der Waals surface area contributed by atoms with Crippen molar-refractivity contribution in [3.63, 3.8) is 0 Å².